The first-order valence-corrected chi connectivity index (χ1v) is 19.2. The Hall–Kier alpha value is -7.93. The van der Waals surface area contributed by atoms with Crippen molar-refractivity contribution in [3.05, 3.63) is 80.9 Å². The van der Waals surface area contributed by atoms with Gasteiger partial charge in [0.2, 0.25) is 0 Å². The van der Waals surface area contributed by atoms with Crippen LogP contribution in [0.5, 0.6) is 92.0 Å². The largest absolute Gasteiger partial charge is 0.506 e. The molecule has 0 amide bonds. The second-order valence-electron chi connectivity index (χ2n) is 14.3. The molecule has 0 fully saturated rings. The van der Waals surface area contributed by atoms with Crippen molar-refractivity contribution < 1.29 is 81.7 Å². The third-order valence-electron chi connectivity index (χ3n) is 10.9. The number of benzene rings is 7. The number of rotatable bonds is 6. The number of aromatic hydroxyl groups is 16. The molecule has 0 saturated carbocycles. The van der Waals surface area contributed by atoms with Crippen LogP contribution in [0.1, 0.15) is 16.7 Å². The molecule has 7 rings (SSSR count). The highest BCUT2D eigenvalue weighted by atomic mass is 127. The second kappa shape index (κ2) is 15.0. The molecule has 0 unspecified atom stereocenters. The lowest BCUT2D eigenvalue weighted by molar-refractivity contribution is 0.369. The molecule has 0 atom stereocenters. The highest BCUT2D eigenvalue weighted by Crippen LogP contribution is 2.65. The molecule has 0 saturated heterocycles. The average molecular weight is 959 g/mol. The van der Waals surface area contributed by atoms with E-state index in [-0.39, 0.29) is 31.4 Å². The van der Waals surface area contributed by atoms with Crippen LogP contribution >= 0.6 is 22.6 Å². The van der Waals surface area contributed by atoms with E-state index in [1.807, 2.05) is 30.3 Å². The van der Waals surface area contributed by atoms with Crippen molar-refractivity contribution in [2.24, 2.45) is 0 Å². The Morgan fingerprint density at radius 1 is 0.274 bits per heavy atom. The summed E-state index contributed by atoms with van der Waals surface area (Å²) in [7, 11) is 0. The molecule has 318 valence electrons. The van der Waals surface area contributed by atoms with Crippen LogP contribution in [0.15, 0.2) is 60.7 Å². The van der Waals surface area contributed by atoms with Gasteiger partial charge in [-0.15, -0.1) is 0 Å². The van der Waals surface area contributed by atoms with Crippen molar-refractivity contribution in [2.75, 3.05) is 0 Å². The van der Waals surface area contributed by atoms with Crippen LogP contribution in [-0.2, 0) is 0 Å². The maximum Gasteiger partial charge on any atom is 0.172 e. The highest BCUT2D eigenvalue weighted by Gasteiger charge is 2.37. The first kappa shape index (κ1) is 42.2. The summed E-state index contributed by atoms with van der Waals surface area (Å²) >= 11 is 1.51. The van der Waals surface area contributed by atoms with E-state index in [1.54, 1.807) is 24.3 Å². The summed E-state index contributed by atoms with van der Waals surface area (Å²) in [5.41, 5.74) is -5.52. The fraction of sp³-hybridized carbons (Fsp3) is 0.0667. The van der Waals surface area contributed by atoms with Gasteiger partial charge in [-0.1, -0.05) is 48.5 Å². The van der Waals surface area contributed by atoms with Gasteiger partial charge in [0.25, 0.3) is 0 Å². The minimum absolute atomic E-state index is 0.0463. The summed E-state index contributed by atoms with van der Waals surface area (Å²) in [5, 5.41) is 179. The Morgan fingerprint density at radius 2 is 0.645 bits per heavy atom. The van der Waals surface area contributed by atoms with Crippen LogP contribution in [0.4, 0.5) is 0 Å². The van der Waals surface area contributed by atoms with Crippen molar-refractivity contribution in [1.82, 2.24) is 0 Å². The van der Waals surface area contributed by atoms with Crippen LogP contribution in [-0.4, -0.2) is 81.7 Å². The molecule has 0 radical (unpaired) electrons. The summed E-state index contributed by atoms with van der Waals surface area (Å²) in [4.78, 5) is 0. The van der Waals surface area contributed by atoms with Crippen LogP contribution in [0.25, 0.3) is 66.8 Å². The van der Waals surface area contributed by atoms with Gasteiger partial charge in [0.05, 0.1) is 31.4 Å². The number of phenols is 16. The Bertz CT molecular complexity index is 3010. The average Bonchev–Trinajstić information content (AvgIpc) is 3.26. The number of phenolic OH excluding ortho intramolecular Hbond substituents is 16. The lowest BCUT2D eigenvalue weighted by Gasteiger charge is -2.23. The van der Waals surface area contributed by atoms with Gasteiger partial charge in [0.1, 0.15) is 11.5 Å². The molecule has 17 heteroatoms. The first-order chi connectivity index (χ1) is 29.1. The Morgan fingerprint density at radius 3 is 1.15 bits per heavy atom. The van der Waals surface area contributed by atoms with E-state index in [0.29, 0.717) is 11.1 Å². The topological polar surface area (TPSA) is 324 Å². The molecule has 0 aliphatic rings. The molecule has 0 aromatic heterocycles. The van der Waals surface area contributed by atoms with Gasteiger partial charge in [0.15, 0.2) is 80.5 Å². The summed E-state index contributed by atoms with van der Waals surface area (Å²) in [6, 6.07) is 16.7. The first-order valence-electron chi connectivity index (χ1n) is 18.1. The molecule has 16 nitrogen and oxygen atoms in total. The normalized spacial score (nSPS) is 11.3. The minimum atomic E-state index is -1.43. The van der Waals surface area contributed by atoms with Crippen molar-refractivity contribution in [3.63, 3.8) is 0 Å². The molecular weight excluding hydrogens is 923 g/mol. The van der Waals surface area contributed by atoms with E-state index in [4.69, 9.17) is 0 Å². The standard InChI is InChI=1S/C45H35IO16/c1-14-22(19-11-7-10-18(12-19)17-8-5-4-6-9-17)35(52)25(39(56)30(14)47)27-41(58)43(60)28(44(61)42(27)59)26-36(53)23(15(2)31(48)40(26)57)20-13-21(34(51)45(62)29(20)46)24-37(54)32(49)16(3)33(50)38(24)55/h4-13,47-62H,1-3H3. The van der Waals surface area contributed by atoms with Crippen molar-refractivity contribution in [1.29, 1.82) is 0 Å². The van der Waals surface area contributed by atoms with Crippen molar-refractivity contribution in [2.45, 2.75) is 20.8 Å². The summed E-state index contributed by atoms with van der Waals surface area (Å²) < 4.78 is -0.289. The zero-order chi connectivity index (χ0) is 45.5. The van der Waals surface area contributed by atoms with Gasteiger partial charge in [-0.3, -0.25) is 0 Å². The van der Waals surface area contributed by atoms with Gasteiger partial charge >= 0.3 is 0 Å². The minimum Gasteiger partial charge on any atom is -0.506 e. The molecule has 62 heavy (non-hydrogen) atoms. The van der Waals surface area contributed by atoms with E-state index in [0.717, 1.165) is 25.5 Å². The van der Waals surface area contributed by atoms with E-state index < -0.39 is 131 Å². The van der Waals surface area contributed by atoms with E-state index in [2.05, 4.69) is 0 Å². The Kier molecular flexibility index (Phi) is 10.2. The third-order valence-corrected chi connectivity index (χ3v) is 12.0. The van der Waals surface area contributed by atoms with Crippen LogP contribution in [0, 0.1) is 24.3 Å². The number of hydrogen-bond donors (Lipinski definition) is 16. The smallest absolute Gasteiger partial charge is 0.172 e. The van der Waals surface area contributed by atoms with Crippen molar-refractivity contribution in [3.8, 4) is 159 Å². The van der Waals surface area contributed by atoms with Gasteiger partial charge in [-0.05, 0) is 72.2 Å². The van der Waals surface area contributed by atoms with E-state index >= 15 is 0 Å². The second-order valence-corrected chi connectivity index (χ2v) is 15.4. The van der Waals surface area contributed by atoms with Gasteiger partial charge in [-0.25, -0.2) is 0 Å². The molecule has 0 heterocycles. The fourth-order valence-corrected chi connectivity index (χ4v) is 8.23. The summed E-state index contributed by atoms with van der Waals surface area (Å²) in [6.07, 6.45) is 0. The molecular formula is C45H35IO16. The number of halogens is 1. The highest BCUT2D eigenvalue weighted by molar-refractivity contribution is 14.1. The lowest BCUT2D eigenvalue weighted by Crippen LogP contribution is -1.97. The molecule has 7 aromatic carbocycles. The van der Waals surface area contributed by atoms with Crippen molar-refractivity contribution >= 4 is 22.6 Å². The Balaban J connectivity index is 1.49. The molecule has 0 aliphatic carbocycles. The predicted octanol–water partition coefficient (Wildman–Crippen LogP) is 8.51. The van der Waals surface area contributed by atoms with Crippen LogP contribution in [0.3, 0.4) is 0 Å². The van der Waals surface area contributed by atoms with Gasteiger partial charge in [0, 0.05) is 38.9 Å². The summed E-state index contributed by atoms with van der Waals surface area (Å²) in [6.45, 7) is 3.68. The maximum atomic E-state index is 11.9. The van der Waals surface area contributed by atoms with E-state index in [1.165, 1.54) is 29.5 Å². The molecule has 0 aliphatic heterocycles. The van der Waals surface area contributed by atoms with Gasteiger partial charge < -0.3 is 81.7 Å². The number of hydrogen-bond acceptors (Lipinski definition) is 16. The third kappa shape index (κ3) is 6.03. The quantitative estimate of drug-likeness (QED) is 0.0422. The molecule has 0 spiro atoms. The van der Waals surface area contributed by atoms with Gasteiger partial charge in [-0.2, -0.15) is 0 Å². The zero-order valence-electron chi connectivity index (χ0n) is 32.3. The maximum absolute atomic E-state index is 11.9. The Labute approximate surface area is 363 Å². The van der Waals surface area contributed by atoms with Crippen LogP contribution in [0.2, 0.25) is 0 Å². The monoisotopic (exact) mass is 958 g/mol. The molecule has 7 aromatic rings. The fourth-order valence-electron chi connectivity index (χ4n) is 7.55. The summed E-state index contributed by atoms with van der Waals surface area (Å²) in [5.74, 6) is -17.7. The predicted molar refractivity (Wildman–Crippen MR) is 233 cm³/mol. The molecule has 0 bridgehead atoms. The molecule has 16 N–H and O–H groups in total. The SMILES string of the molecule is Cc1c(O)c(O)c(-c2cc(-c3c(C)c(O)c(O)c(-c4c(O)c(O)c(-c5c(O)c(O)c(C)c(-c6cccc(-c7ccccc7)c6)c5O)c(O)c4O)c3O)c(I)c(O)c2O)c(O)c1O. The van der Waals surface area contributed by atoms with E-state index in [9.17, 15) is 81.7 Å². The van der Waals surface area contributed by atoms with Crippen LogP contribution < -0.4 is 0 Å². The zero-order valence-corrected chi connectivity index (χ0v) is 34.5. The lowest BCUT2D eigenvalue weighted by atomic mass is 9.86.